The van der Waals surface area contributed by atoms with Crippen LogP contribution in [0.5, 0.6) is 5.75 Å². The fourth-order valence-electron chi connectivity index (χ4n) is 5.28. The van der Waals surface area contributed by atoms with E-state index in [0.29, 0.717) is 29.8 Å². The molecule has 3 heterocycles. The summed E-state index contributed by atoms with van der Waals surface area (Å²) < 4.78 is 5.76. The molecule has 1 saturated heterocycles. The van der Waals surface area contributed by atoms with Crippen LogP contribution < -0.4 is 9.64 Å². The number of ether oxygens (including phenoxy) is 1. The number of amides is 2. The van der Waals surface area contributed by atoms with Crippen molar-refractivity contribution >= 4 is 29.0 Å². The number of hydrogen-bond donors (Lipinski definition) is 1. The lowest BCUT2D eigenvalue weighted by Gasteiger charge is -2.34. The van der Waals surface area contributed by atoms with E-state index >= 15 is 0 Å². The molecule has 0 radical (unpaired) electrons. The number of nitrogens with zero attached hydrogens (tertiary/aromatic N) is 3. The summed E-state index contributed by atoms with van der Waals surface area (Å²) in [5.74, 6) is -1.72. The average molecular weight is 462 g/mol. The first kappa shape index (κ1) is 22.2. The lowest BCUT2D eigenvalue weighted by molar-refractivity contribution is -0.143. The second-order valence-corrected chi connectivity index (χ2v) is 9.36. The number of aliphatic hydroxyl groups excluding tert-OH is 1. The van der Waals surface area contributed by atoms with Crippen LogP contribution in [0.1, 0.15) is 23.6 Å². The highest BCUT2D eigenvalue weighted by Gasteiger charge is 2.66. The van der Waals surface area contributed by atoms with Crippen LogP contribution in [0, 0.1) is 0 Å². The van der Waals surface area contributed by atoms with Gasteiger partial charge < -0.3 is 24.5 Å². The molecule has 3 aliphatic rings. The summed E-state index contributed by atoms with van der Waals surface area (Å²) in [6.07, 6.45) is 0.683. The lowest BCUT2D eigenvalue weighted by Crippen LogP contribution is -2.52. The molecule has 8 nitrogen and oxygen atoms in total. The predicted octanol–water partition coefficient (Wildman–Crippen LogP) is 2.12. The molecule has 2 atom stereocenters. The maximum absolute atomic E-state index is 13.9. The highest BCUT2D eigenvalue weighted by molar-refractivity contribution is 6.50. The molecular weight excluding hydrogens is 434 g/mol. The van der Waals surface area contributed by atoms with Crippen LogP contribution in [0.4, 0.5) is 5.69 Å². The molecule has 34 heavy (non-hydrogen) atoms. The van der Waals surface area contributed by atoms with Crippen molar-refractivity contribution in [2.24, 2.45) is 0 Å². The van der Waals surface area contributed by atoms with Gasteiger partial charge in [0.1, 0.15) is 17.6 Å². The zero-order valence-corrected chi connectivity index (χ0v) is 19.7. The quantitative estimate of drug-likeness (QED) is 0.426. The van der Waals surface area contributed by atoms with Gasteiger partial charge in [0.05, 0.1) is 5.57 Å². The fraction of sp³-hybridized carbons (Fsp3) is 0.346. The molecule has 176 valence electrons. The van der Waals surface area contributed by atoms with E-state index in [-0.39, 0.29) is 24.0 Å². The van der Waals surface area contributed by atoms with Gasteiger partial charge in [-0.25, -0.2) is 0 Å². The summed E-state index contributed by atoms with van der Waals surface area (Å²) in [6.45, 7) is 2.55. The maximum atomic E-state index is 13.9. The van der Waals surface area contributed by atoms with E-state index in [1.165, 1.54) is 9.80 Å². The molecule has 0 aromatic heterocycles. The van der Waals surface area contributed by atoms with Crippen LogP contribution in [-0.2, 0) is 26.3 Å². The molecule has 2 amide bonds. The van der Waals surface area contributed by atoms with Crippen molar-refractivity contribution in [3.8, 4) is 5.75 Å². The van der Waals surface area contributed by atoms with Crippen LogP contribution in [-0.4, -0.2) is 72.8 Å². The monoisotopic (exact) mass is 461 g/mol. The van der Waals surface area contributed by atoms with Crippen molar-refractivity contribution in [1.82, 2.24) is 9.80 Å². The number of ketones is 1. The molecule has 2 aromatic rings. The molecule has 2 unspecified atom stereocenters. The maximum Gasteiger partial charge on any atom is 0.296 e. The van der Waals surface area contributed by atoms with Crippen LogP contribution >= 0.6 is 0 Å². The normalized spacial score (nSPS) is 24.9. The number of Topliss-reactive ketones (excluding diaryl/α,β-unsaturated/α-hetero) is 1. The standard InChI is InChI=1S/C26H27N3O5/c1-15-13-17-14-16(9-10-20(17)34-15)22(30)21-23(31)24(32)29(12-11-27(2)3)26(21)18-7-5-6-8-19(18)28(4)25(26)33/h5-10,14-15,30H,11-13H2,1-4H3/b22-21-. The number of rotatable bonds is 4. The first-order chi connectivity index (χ1) is 16.2. The molecule has 0 aliphatic carbocycles. The molecule has 1 spiro atoms. The van der Waals surface area contributed by atoms with Gasteiger partial charge in [-0.2, -0.15) is 0 Å². The minimum atomic E-state index is -1.72. The van der Waals surface area contributed by atoms with E-state index in [0.717, 1.165) is 11.3 Å². The number of fused-ring (bicyclic) bond motifs is 3. The second-order valence-electron chi connectivity index (χ2n) is 9.36. The van der Waals surface area contributed by atoms with E-state index in [1.54, 1.807) is 49.5 Å². The number of carbonyl (C=O) groups excluding carboxylic acids is 3. The Bertz CT molecular complexity index is 1270. The molecular formula is C26H27N3O5. The minimum absolute atomic E-state index is 0.0135. The summed E-state index contributed by atoms with van der Waals surface area (Å²) >= 11 is 0. The largest absolute Gasteiger partial charge is 0.507 e. The number of aliphatic hydroxyl groups is 1. The predicted molar refractivity (Wildman–Crippen MR) is 127 cm³/mol. The van der Waals surface area contributed by atoms with Gasteiger partial charge in [0.2, 0.25) is 0 Å². The topological polar surface area (TPSA) is 90.4 Å². The number of hydrogen-bond acceptors (Lipinski definition) is 6. The Morgan fingerprint density at radius 3 is 2.65 bits per heavy atom. The summed E-state index contributed by atoms with van der Waals surface area (Å²) in [7, 11) is 5.33. The SMILES string of the molecule is CC1Cc2cc(/C(O)=C3\C(=O)C(=O)N(CCN(C)C)C34C(=O)N(C)c3ccccc34)ccc2O1. The van der Waals surface area contributed by atoms with Crippen molar-refractivity contribution in [3.63, 3.8) is 0 Å². The van der Waals surface area contributed by atoms with Crippen LogP contribution in [0.15, 0.2) is 48.0 Å². The average Bonchev–Trinajstić information content (AvgIpc) is 3.37. The van der Waals surface area contributed by atoms with E-state index in [1.807, 2.05) is 25.9 Å². The van der Waals surface area contributed by atoms with Crippen molar-refractivity contribution in [2.75, 3.05) is 39.1 Å². The Morgan fingerprint density at radius 2 is 1.91 bits per heavy atom. The van der Waals surface area contributed by atoms with Crippen molar-refractivity contribution in [2.45, 2.75) is 25.0 Å². The van der Waals surface area contributed by atoms with Crippen LogP contribution in [0.2, 0.25) is 0 Å². The second kappa shape index (κ2) is 7.70. The molecule has 0 saturated carbocycles. The van der Waals surface area contributed by atoms with E-state index in [2.05, 4.69) is 0 Å². The number of anilines is 1. The van der Waals surface area contributed by atoms with E-state index in [9.17, 15) is 19.5 Å². The van der Waals surface area contributed by atoms with Crippen molar-refractivity contribution < 1.29 is 24.2 Å². The molecule has 0 bridgehead atoms. The molecule has 1 fully saturated rings. The Kier molecular flexibility index (Phi) is 5.02. The summed E-state index contributed by atoms with van der Waals surface area (Å²) in [6, 6.07) is 12.3. The van der Waals surface area contributed by atoms with Crippen LogP contribution in [0.25, 0.3) is 5.76 Å². The molecule has 8 heteroatoms. The van der Waals surface area contributed by atoms with Gasteiger partial charge in [-0.1, -0.05) is 18.2 Å². The Morgan fingerprint density at radius 1 is 1.18 bits per heavy atom. The van der Waals surface area contributed by atoms with Gasteiger partial charge in [-0.15, -0.1) is 0 Å². The van der Waals surface area contributed by atoms with E-state index < -0.39 is 23.1 Å². The third-order valence-corrected chi connectivity index (χ3v) is 6.88. The summed E-state index contributed by atoms with van der Waals surface area (Å²) in [5.41, 5.74) is 0.489. The Hall–Kier alpha value is -3.65. The van der Waals surface area contributed by atoms with Gasteiger partial charge in [-0.3, -0.25) is 14.4 Å². The lowest BCUT2D eigenvalue weighted by atomic mass is 9.81. The summed E-state index contributed by atoms with van der Waals surface area (Å²) in [5, 5.41) is 11.5. The van der Waals surface area contributed by atoms with Gasteiger partial charge in [-0.05, 0) is 50.8 Å². The minimum Gasteiger partial charge on any atom is -0.507 e. The van der Waals surface area contributed by atoms with Crippen molar-refractivity contribution in [1.29, 1.82) is 0 Å². The number of carbonyl (C=O) groups is 3. The zero-order valence-electron chi connectivity index (χ0n) is 19.7. The smallest absolute Gasteiger partial charge is 0.296 e. The zero-order chi connectivity index (χ0) is 24.4. The molecule has 2 aromatic carbocycles. The Labute approximate surface area is 198 Å². The van der Waals surface area contributed by atoms with Gasteiger partial charge >= 0.3 is 0 Å². The highest BCUT2D eigenvalue weighted by Crippen LogP contribution is 2.53. The molecule has 1 N–H and O–H groups in total. The first-order valence-electron chi connectivity index (χ1n) is 11.3. The fourth-order valence-corrected chi connectivity index (χ4v) is 5.28. The van der Waals surface area contributed by atoms with Gasteiger partial charge in [0, 0.05) is 43.4 Å². The molecule has 5 rings (SSSR count). The van der Waals surface area contributed by atoms with Crippen LogP contribution in [0.3, 0.4) is 0 Å². The highest BCUT2D eigenvalue weighted by atomic mass is 16.5. The molecule has 3 aliphatic heterocycles. The van der Waals surface area contributed by atoms with E-state index in [4.69, 9.17) is 4.74 Å². The van der Waals surface area contributed by atoms with Gasteiger partial charge in [0.25, 0.3) is 17.6 Å². The first-order valence-corrected chi connectivity index (χ1v) is 11.3. The third-order valence-electron chi connectivity index (χ3n) is 6.88. The number of likely N-dealkylation sites (N-methyl/N-ethyl adjacent to an activating group) is 2. The van der Waals surface area contributed by atoms with Gasteiger partial charge in [0.15, 0.2) is 5.54 Å². The summed E-state index contributed by atoms with van der Waals surface area (Å²) in [4.78, 5) is 45.4. The Balaban J connectivity index is 1.76. The third kappa shape index (κ3) is 2.91. The van der Waals surface area contributed by atoms with Crippen molar-refractivity contribution in [3.05, 3.63) is 64.7 Å². The number of likely N-dealkylation sites (tertiary alicyclic amines) is 1. The number of benzene rings is 2. The number of para-hydroxylation sites is 1.